The van der Waals surface area contributed by atoms with Crippen molar-refractivity contribution in [1.29, 1.82) is 0 Å². The quantitative estimate of drug-likeness (QED) is 0.749. The summed E-state index contributed by atoms with van der Waals surface area (Å²) in [6, 6.07) is 5.21. The molecule has 0 aromatic heterocycles. The maximum atomic E-state index is 12.1. The monoisotopic (exact) mass is 306 g/mol. The van der Waals surface area contributed by atoms with E-state index in [1.807, 2.05) is 0 Å². The molecule has 1 N–H and O–H groups in total. The lowest BCUT2D eigenvalue weighted by molar-refractivity contribution is 0.0952. The van der Waals surface area contributed by atoms with Gasteiger partial charge in [0.05, 0.1) is 14.2 Å². The normalized spacial score (nSPS) is 14.8. The van der Waals surface area contributed by atoms with E-state index >= 15 is 0 Å². The van der Waals surface area contributed by atoms with Crippen LogP contribution in [0.25, 0.3) is 0 Å². The molecule has 5 nitrogen and oxygen atoms in total. The Labute approximate surface area is 132 Å². The van der Waals surface area contributed by atoms with E-state index < -0.39 is 0 Å². The Hall–Kier alpha value is -1.75. The van der Waals surface area contributed by atoms with E-state index in [-0.39, 0.29) is 5.91 Å². The van der Waals surface area contributed by atoms with Crippen LogP contribution in [0.2, 0.25) is 0 Å². The predicted octanol–water partition coefficient (Wildman–Crippen LogP) is 2.31. The molecule has 5 heteroatoms. The van der Waals surface area contributed by atoms with Crippen LogP contribution in [0.3, 0.4) is 0 Å². The Morgan fingerprint density at radius 3 is 2.55 bits per heavy atom. The highest BCUT2D eigenvalue weighted by atomic mass is 16.5. The lowest BCUT2D eigenvalue weighted by Gasteiger charge is -2.14. The topological polar surface area (TPSA) is 50.8 Å². The molecule has 1 aliphatic heterocycles. The van der Waals surface area contributed by atoms with Crippen LogP contribution in [-0.4, -0.2) is 51.2 Å². The summed E-state index contributed by atoms with van der Waals surface area (Å²) in [6.45, 7) is 4.32. The first kappa shape index (κ1) is 16.6. The fourth-order valence-electron chi connectivity index (χ4n) is 2.75. The zero-order valence-electron chi connectivity index (χ0n) is 13.6. The molecule has 22 heavy (non-hydrogen) atoms. The van der Waals surface area contributed by atoms with Gasteiger partial charge in [0.1, 0.15) is 0 Å². The van der Waals surface area contributed by atoms with Gasteiger partial charge in [-0.3, -0.25) is 4.79 Å². The number of carbonyl (C=O) groups excluding carboxylic acids is 1. The molecule has 1 aromatic carbocycles. The van der Waals surface area contributed by atoms with Gasteiger partial charge in [0.15, 0.2) is 11.5 Å². The molecule has 1 heterocycles. The first-order chi connectivity index (χ1) is 10.7. The summed E-state index contributed by atoms with van der Waals surface area (Å²) in [5.74, 6) is 1.14. The number of methoxy groups -OCH3 is 2. The Bertz CT molecular complexity index is 485. The number of likely N-dealkylation sites (tertiary alicyclic amines) is 1. The largest absolute Gasteiger partial charge is 0.493 e. The summed E-state index contributed by atoms with van der Waals surface area (Å²) in [4.78, 5) is 14.6. The van der Waals surface area contributed by atoms with Gasteiger partial charge in [0.2, 0.25) is 0 Å². The molecule has 0 saturated carbocycles. The zero-order valence-corrected chi connectivity index (χ0v) is 13.6. The van der Waals surface area contributed by atoms with E-state index in [9.17, 15) is 4.79 Å². The molecule has 0 bridgehead atoms. The van der Waals surface area contributed by atoms with E-state index in [4.69, 9.17) is 9.47 Å². The number of unbranched alkanes of at least 4 members (excludes halogenated alkanes) is 1. The highest BCUT2D eigenvalue weighted by molar-refractivity contribution is 5.94. The zero-order chi connectivity index (χ0) is 15.8. The number of hydrogen-bond donors (Lipinski definition) is 1. The third-order valence-corrected chi connectivity index (χ3v) is 4.03. The number of hydrogen-bond acceptors (Lipinski definition) is 4. The highest BCUT2D eigenvalue weighted by Crippen LogP contribution is 2.27. The number of benzene rings is 1. The van der Waals surface area contributed by atoms with Gasteiger partial charge in [-0.2, -0.15) is 0 Å². The molecule has 1 fully saturated rings. The number of nitrogens with zero attached hydrogens (tertiary/aromatic N) is 1. The molecule has 0 spiro atoms. The van der Waals surface area contributed by atoms with Crippen LogP contribution in [0.5, 0.6) is 11.5 Å². The van der Waals surface area contributed by atoms with Crippen molar-refractivity contribution in [3.63, 3.8) is 0 Å². The number of amides is 1. The fraction of sp³-hybridized carbons (Fsp3) is 0.588. The molecule has 2 rings (SSSR count). The van der Waals surface area contributed by atoms with Crippen LogP contribution in [0, 0.1) is 0 Å². The summed E-state index contributed by atoms with van der Waals surface area (Å²) in [7, 11) is 3.15. The summed E-state index contributed by atoms with van der Waals surface area (Å²) < 4.78 is 10.4. The Morgan fingerprint density at radius 1 is 1.14 bits per heavy atom. The fourth-order valence-corrected chi connectivity index (χ4v) is 2.75. The van der Waals surface area contributed by atoms with Crippen molar-refractivity contribution < 1.29 is 14.3 Å². The lowest BCUT2D eigenvalue weighted by Crippen LogP contribution is -2.26. The summed E-state index contributed by atoms with van der Waals surface area (Å²) in [6.07, 6.45) is 4.80. The van der Waals surface area contributed by atoms with E-state index in [2.05, 4.69) is 10.2 Å². The Balaban J connectivity index is 1.72. The van der Waals surface area contributed by atoms with Crippen LogP contribution in [-0.2, 0) is 0 Å². The standard InChI is InChI=1S/C17H26N2O3/c1-21-15-8-7-14(13-16(15)22-2)17(20)18-9-3-4-10-19-11-5-6-12-19/h7-8,13H,3-6,9-12H2,1-2H3,(H,18,20). The average molecular weight is 306 g/mol. The van der Waals surface area contributed by atoms with Crippen LogP contribution in [0.1, 0.15) is 36.0 Å². The molecule has 0 radical (unpaired) electrons. The molecule has 0 atom stereocenters. The van der Waals surface area contributed by atoms with Gasteiger partial charge < -0.3 is 19.7 Å². The molecule has 1 aliphatic rings. The van der Waals surface area contributed by atoms with Gasteiger partial charge in [0, 0.05) is 12.1 Å². The summed E-state index contributed by atoms with van der Waals surface area (Å²) in [5, 5.41) is 2.96. The van der Waals surface area contributed by atoms with Crippen LogP contribution < -0.4 is 14.8 Å². The molecule has 1 amide bonds. The number of ether oxygens (including phenoxy) is 2. The minimum absolute atomic E-state index is 0.0675. The second kappa shape index (κ2) is 8.63. The van der Waals surface area contributed by atoms with E-state index in [0.29, 0.717) is 23.6 Å². The number of rotatable bonds is 8. The molecule has 0 unspecified atom stereocenters. The van der Waals surface area contributed by atoms with Gasteiger partial charge in [-0.15, -0.1) is 0 Å². The van der Waals surface area contributed by atoms with E-state index in [0.717, 1.165) is 19.4 Å². The molecule has 1 saturated heterocycles. The molecule has 0 aliphatic carbocycles. The summed E-state index contributed by atoms with van der Waals surface area (Å²) in [5.41, 5.74) is 0.595. The first-order valence-corrected chi connectivity index (χ1v) is 7.97. The Morgan fingerprint density at radius 2 is 1.86 bits per heavy atom. The van der Waals surface area contributed by atoms with Crippen LogP contribution in [0.15, 0.2) is 18.2 Å². The van der Waals surface area contributed by atoms with Gasteiger partial charge >= 0.3 is 0 Å². The minimum Gasteiger partial charge on any atom is -0.493 e. The molecular weight excluding hydrogens is 280 g/mol. The van der Waals surface area contributed by atoms with Crippen molar-refractivity contribution in [3.8, 4) is 11.5 Å². The second-order valence-corrected chi connectivity index (χ2v) is 5.58. The maximum absolute atomic E-state index is 12.1. The first-order valence-electron chi connectivity index (χ1n) is 7.97. The number of nitrogens with one attached hydrogen (secondary N) is 1. The van der Waals surface area contributed by atoms with Gasteiger partial charge in [-0.05, 0) is 63.5 Å². The summed E-state index contributed by atoms with van der Waals surface area (Å²) >= 11 is 0. The van der Waals surface area contributed by atoms with Gasteiger partial charge in [-0.1, -0.05) is 0 Å². The van der Waals surface area contributed by atoms with Crippen molar-refractivity contribution in [1.82, 2.24) is 10.2 Å². The van der Waals surface area contributed by atoms with Gasteiger partial charge in [-0.25, -0.2) is 0 Å². The van der Waals surface area contributed by atoms with Crippen LogP contribution in [0.4, 0.5) is 0 Å². The lowest BCUT2D eigenvalue weighted by atomic mass is 10.2. The van der Waals surface area contributed by atoms with E-state index in [1.165, 1.54) is 25.9 Å². The van der Waals surface area contributed by atoms with Crippen molar-refractivity contribution >= 4 is 5.91 Å². The Kier molecular flexibility index (Phi) is 6.52. The SMILES string of the molecule is COc1ccc(C(=O)NCCCCN2CCCC2)cc1OC. The maximum Gasteiger partial charge on any atom is 0.251 e. The van der Waals surface area contributed by atoms with Gasteiger partial charge in [0.25, 0.3) is 5.91 Å². The highest BCUT2D eigenvalue weighted by Gasteiger charge is 2.11. The average Bonchev–Trinajstić information content (AvgIpc) is 3.07. The van der Waals surface area contributed by atoms with Crippen molar-refractivity contribution in [2.24, 2.45) is 0 Å². The minimum atomic E-state index is -0.0675. The molecule has 1 aromatic rings. The molecular formula is C17H26N2O3. The smallest absolute Gasteiger partial charge is 0.251 e. The van der Waals surface area contributed by atoms with Crippen molar-refractivity contribution in [3.05, 3.63) is 23.8 Å². The number of carbonyl (C=O) groups is 1. The van der Waals surface area contributed by atoms with Crippen molar-refractivity contribution in [2.75, 3.05) is 40.4 Å². The predicted molar refractivity (Wildman–Crippen MR) is 86.8 cm³/mol. The van der Waals surface area contributed by atoms with Crippen LogP contribution >= 0.6 is 0 Å². The second-order valence-electron chi connectivity index (χ2n) is 5.58. The van der Waals surface area contributed by atoms with E-state index in [1.54, 1.807) is 32.4 Å². The molecule has 122 valence electrons. The third-order valence-electron chi connectivity index (χ3n) is 4.03. The van der Waals surface area contributed by atoms with Crippen molar-refractivity contribution in [2.45, 2.75) is 25.7 Å². The third kappa shape index (κ3) is 4.63.